The van der Waals surface area contributed by atoms with Crippen LogP contribution < -0.4 is 0 Å². The van der Waals surface area contributed by atoms with Crippen LogP contribution in [-0.2, 0) is 29.8 Å². The Kier molecular flexibility index (Phi) is 15.8. The first-order chi connectivity index (χ1) is 18.6. The van der Waals surface area contributed by atoms with Crippen molar-refractivity contribution in [2.75, 3.05) is 6.61 Å². The molecule has 1 aromatic carbocycles. The third-order valence-electron chi connectivity index (χ3n) is 7.09. The summed E-state index contributed by atoms with van der Waals surface area (Å²) in [6, 6.07) is 7.23. The molecule has 0 aromatic heterocycles. The summed E-state index contributed by atoms with van der Waals surface area (Å²) in [5.74, 6) is -0.648. The largest absolute Gasteiger partial charge is 0.459 e. The van der Waals surface area contributed by atoms with Crippen molar-refractivity contribution in [1.82, 2.24) is 0 Å². The highest BCUT2D eigenvalue weighted by molar-refractivity contribution is 7.86. The molecule has 1 aliphatic heterocycles. The van der Waals surface area contributed by atoms with E-state index in [4.69, 9.17) is 14.2 Å². The van der Waals surface area contributed by atoms with Crippen LogP contribution in [-0.4, -0.2) is 51.2 Å². The van der Waals surface area contributed by atoms with E-state index in [2.05, 4.69) is 6.92 Å². The Hall–Kier alpha value is -1.28. The van der Waals surface area contributed by atoms with Gasteiger partial charge in [-0.25, -0.2) is 0 Å². The van der Waals surface area contributed by atoms with E-state index in [1.807, 2.05) is 19.1 Å². The summed E-state index contributed by atoms with van der Waals surface area (Å²) in [6.07, 6.45) is 13.2. The molecule has 1 aliphatic rings. The van der Waals surface area contributed by atoms with E-state index in [9.17, 15) is 14.1 Å². The van der Waals surface area contributed by atoms with Gasteiger partial charge in [0.05, 0.1) is 23.0 Å². The molecule has 1 fully saturated rings. The van der Waals surface area contributed by atoms with Gasteiger partial charge < -0.3 is 19.3 Å². The zero-order valence-corrected chi connectivity index (χ0v) is 25.9. The second-order valence-electron chi connectivity index (χ2n) is 12.0. The fraction of sp³-hybridized carbons (Fsp3) is 0.781. The summed E-state index contributed by atoms with van der Waals surface area (Å²) in [4.78, 5) is 13.7. The van der Waals surface area contributed by atoms with Gasteiger partial charge in [0, 0.05) is 17.9 Å². The number of carbonyl (C=O) groups is 1. The molecule has 1 N–H and O–H groups in total. The second kappa shape index (κ2) is 18.2. The Bertz CT molecular complexity index is 828. The molecule has 0 radical (unpaired) electrons. The van der Waals surface area contributed by atoms with Gasteiger partial charge in [0.2, 0.25) is 0 Å². The molecule has 5 unspecified atom stereocenters. The molecule has 0 amide bonds. The summed E-state index contributed by atoms with van der Waals surface area (Å²) < 4.78 is 31.4. The zero-order valence-electron chi connectivity index (χ0n) is 25.1. The molecule has 2 rings (SSSR count). The maximum absolute atomic E-state index is 13.6. The Morgan fingerprint density at radius 1 is 1.03 bits per heavy atom. The Labute approximate surface area is 240 Å². The normalized spacial score (nSPS) is 19.3. The number of hydrogen-bond donors (Lipinski definition) is 1. The number of aliphatic hydroxyl groups is 1. The predicted molar refractivity (Wildman–Crippen MR) is 158 cm³/mol. The number of benzene rings is 1. The van der Waals surface area contributed by atoms with Gasteiger partial charge in [0.15, 0.2) is 11.5 Å². The molecule has 0 saturated carbocycles. The van der Waals surface area contributed by atoms with Gasteiger partial charge in [-0.15, -0.1) is 0 Å². The van der Waals surface area contributed by atoms with Crippen molar-refractivity contribution in [2.45, 2.75) is 159 Å². The summed E-state index contributed by atoms with van der Waals surface area (Å²) in [6.45, 7) is 10.2. The van der Waals surface area contributed by atoms with Gasteiger partial charge in [0.1, 0.15) is 5.60 Å². The summed E-state index contributed by atoms with van der Waals surface area (Å²) >= 11 is 0. The third-order valence-corrected chi connectivity index (χ3v) is 8.79. The second-order valence-corrected chi connectivity index (χ2v) is 13.6. The van der Waals surface area contributed by atoms with Gasteiger partial charge >= 0.3 is 5.97 Å². The summed E-state index contributed by atoms with van der Waals surface area (Å²) in [5, 5.41) is 10.2. The molecule has 0 spiro atoms. The molecule has 1 heterocycles. The van der Waals surface area contributed by atoms with Crippen LogP contribution in [0.25, 0.3) is 0 Å². The predicted octanol–water partition coefficient (Wildman–Crippen LogP) is 7.40. The number of aliphatic hydroxyl groups excluding tert-OH is 1. The minimum Gasteiger partial charge on any atom is -0.459 e. The molecular formula is C32H54O6S. The molecular weight excluding hydrogens is 512 g/mol. The molecule has 224 valence electrons. The van der Waals surface area contributed by atoms with Crippen LogP contribution in [0.15, 0.2) is 29.2 Å². The lowest BCUT2D eigenvalue weighted by atomic mass is 10.0. The Morgan fingerprint density at radius 3 is 2.21 bits per heavy atom. The lowest BCUT2D eigenvalue weighted by molar-refractivity contribution is -0.194. The molecule has 39 heavy (non-hydrogen) atoms. The minimum absolute atomic E-state index is 0.207. The van der Waals surface area contributed by atoms with Crippen molar-refractivity contribution in [3.63, 3.8) is 0 Å². The first-order valence-electron chi connectivity index (χ1n) is 15.3. The van der Waals surface area contributed by atoms with Gasteiger partial charge in [-0.2, -0.15) is 0 Å². The quantitative estimate of drug-likeness (QED) is 0.147. The molecule has 7 heteroatoms. The van der Waals surface area contributed by atoms with Crippen LogP contribution in [0.3, 0.4) is 0 Å². The van der Waals surface area contributed by atoms with Crippen molar-refractivity contribution in [3.05, 3.63) is 29.8 Å². The van der Waals surface area contributed by atoms with Crippen molar-refractivity contribution < 1.29 is 28.3 Å². The number of hydrogen-bond acceptors (Lipinski definition) is 6. The smallest absolute Gasteiger partial charge is 0.325 e. The average Bonchev–Trinajstić information content (AvgIpc) is 2.87. The standard InChI is InChI=1S/C32H54O6S/c1-6-7-8-9-10-11-12-13-14-17-26(37-29-18-15-16-23-36-29)24-28(33)30(31(34)38-32(3,4)5)39(35)27-21-19-25(2)20-22-27/h19-22,26,28-30,33H,6-18,23-24H2,1-5H3. The number of unbranched alkanes of at least 4 members (excludes halogenated alkanes) is 8. The van der Waals surface area contributed by atoms with Crippen molar-refractivity contribution in [1.29, 1.82) is 0 Å². The van der Waals surface area contributed by atoms with Crippen LogP contribution in [0.1, 0.15) is 123 Å². The third kappa shape index (κ3) is 13.8. The maximum atomic E-state index is 13.6. The molecule has 0 aliphatic carbocycles. The van der Waals surface area contributed by atoms with E-state index in [1.54, 1.807) is 32.9 Å². The first-order valence-corrected chi connectivity index (χ1v) is 16.5. The first kappa shape index (κ1) is 33.9. The number of carbonyl (C=O) groups excluding carboxylic acids is 1. The average molecular weight is 567 g/mol. The topological polar surface area (TPSA) is 82.1 Å². The van der Waals surface area contributed by atoms with Gasteiger partial charge in [-0.05, 0) is 65.5 Å². The van der Waals surface area contributed by atoms with Gasteiger partial charge in [-0.1, -0.05) is 82.4 Å². The van der Waals surface area contributed by atoms with Crippen molar-refractivity contribution in [2.24, 2.45) is 0 Å². The fourth-order valence-corrected chi connectivity index (χ4v) is 6.23. The highest BCUT2D eigenvalue weighted by Gasteiger charge is 2.38. The zero-order chi connectivity index (χ0) is 28.7. The summed E-state index contributed by atoms with van der Waals surface area (Å²) in [7, 11) is -1.77. The van der Waals surface area contributed by atoms with E-state index in [-0.39, 0.29) is 18.8 Å². The highest BCUT2D eigenvalue weighted by Crippen LogP contribution is 2.26. The lowest BCUT2D eigenvalue weighted by Gasteiger charge is -2.31. The van der Waals surface area contributed by atoms with Crippen LogP contribution in [0.5, 0.6) is 0 Å². The number of ether oxygens (including phenoxy) is 3. The number of rotatable bonds is 18. The maximum Gasteiger partial charge on any atom is 0.325 e. The number of aryl methyl sites for hydroxylation is 1. The van der Waals surface area contributed by atoms with E-state index in [1.165, 1.54) is 44.9 Å². The molecule has 0 bridgehead atoms. The minimum atomic E-state index is -1.77. The van der Waals surface area contributed by atoms with E-state index >= 15 is 0 Å². The monoisotopic (exact) mass is 566 g/mol. The Balaban J connectivity index is 2.06. The number of esters is 1. The van der Waals surface area contributed by atoms with Crippen molar-refractivity contribution in [3.8, 4) is 0 Å². The SMILES string of the molecule is CCCCCCCCCCCC(CC(O)C(C(=O)OC(C)(C)C)S(=O)c1ccc(C)cc1)OC1CCCCO1. The highest BCUT2D eigenvalue weighted by atomic mass is 32.2. The van der Waals surface area contributed by atoms with Crippen LogP contribution in [0.2, 0.25) is 0 Å². The molecule has 1 saturated heterocycles. The molecule has 6 nitrogen and oxygen atoms in total. The van der Waals surface area contributed by atoms with E-state index < -0.39 is 33.7 Å². The van der Waals surface area contributed by atoms with Crippen LogP contribution >= 0.6 is 0 Å². The Morgan fingerprint density at radius 2 is 1.64 bits per heavy atom. The van der Waals surface area contributed by atoms with Crippen molar-refractivity contribution >= 4 is 16.8 Å². The fourth-order valence-electron chi connectivity index (χ4n) is 4.92. The van der Waals surface area contributed by atoms with Crippen LogP contribution in [0, 0.1) is 6.92 Å². The molecule has 5 atom stereocenters. The van der Waals surface area contributed by atoms with E-state index in [0.29, 0.717) is 11.5 Å². The van der Waals surface area contributed by atoms with Crippen LogP contribution in [0.4, 0.5) is 0 Å². The van der Waals surface area contributed by atoms with E-state index in [0.717, 1.165) is 44.1 Å². The summed E-state index contributed by atoms with van der Waals surface area (Å²) in [5.41, 5.74) is 0.279. The van der Waals surface area contributed by atoms with Gasteiger partial charge in [-0.3, -0.25) is 9.00 Å². The molecule has 1 aromatic rings. The van der Waals surface area contributed by atoms with Gasteiger partial charge in [0.25, 0.3) is 0 Å². The lowest BCUT2D eigenvalue weighted by Crippen LogP contribution is -2.44.